The molecule has 0 fully saturated rings. The van der Waals surface area contributed by atoms with E-state index in [2.05, 4.69) is 4.98 Å². The van der Waals surface area contributed by atoms with E-state index in [1.54, 1.807) is 0 Å². The third-order valence-corrected chi connectivity index (χ3v) is 3.95. The minimum atomic E-state index is -4.75. The molecule has 28 heavy (non-hydrogen) atoms. The normalized spacial score (nSPS) is 12.2. The van der Waals surface area contributed by atoms with Crippen molar-refractivity contribution in [1.29, 1.82) is 0 Å². The number of rotatable bonds is 2. The van der Waals surface area contributed by atoms with Crippen LogP contribution in [0, 0.1) is 0 Å². The van der Waals surface area contributed by atoms with Crippen molar-refractivity contribution in [3.05, 3.63) is 75.6 Å². The lowest BCUT2D eigenvalue weighted by Gasteiger charge is -2.14. The van der Waals surface area contributed by atoms with Gasteiger partial charge < -0.3 is 10.3 Å². The highest BCUT2D eigenvalue weighted by Crippen LogP contribution is 2.35. The van der Waals surface area contributed by atoms with Gasteiger partial charge in [-0.25, -0.2) is 0 Å². The van der Waals surface area contributed by atoms with E-state index in [9.17, 15) is 35.9 Å². The Morgan fingerprint density at radius 3 is 2.11 bits per heavy atom. The van der Waals surface area contributed by atoms with Crippen LogP contribution in [0.4, 0.5) is 32.0 Å². The molecular formula is C18H10F6N2O2. The minimum Gasteiger partial charge on any atom is -0.360 e. The molecule has 0 aliphatic rings. The van der Waals surface area contributed by atoms with E-state index in [4.69, 9.17) is 0 Å². The molecule has 0 radical (unpaired) electrons. The Bertz CT molecular complexity index is 1120. The van der Waals surface area contributed by atoms with Crippen LogP contribution in [-0.4, -0.2) is 10.9 Å². The molecule has 2 N–H and O–H groups in total. The summed E-state index contributed by atoms with van der Waals surface area (Å²) in [6, 6.07) is 6.97. The first-order chi connectivity index (χ1) is 13.0. The highest BCUT2D eigenvalue weighted by Gasteiger charge is 2.35. The summed E-state index contributed by atoms with van der Waals surface area (Å²) in [6.07, 6.45) is -8.75. The number of hydrogen-bond acceptors (Lipinski definition) is 2. The molecule has 1 aromatic heterocycles. The van der Waals surface area contributed by atoms with Crippen molar-refractivity contribution in [2.45, 2.75) is 12.4 Å². The van der Waals surface area contributed by atoms with Crippen molar-refractivity contribution < 1.29 is 31.1 Å². The summed E-state index contributed by atoms with van der Waals surface area (Å²) >= 11 is 0. The fourth-order valence-corrected chi connectivity index (χ4v) is 2.69. The Balaban J connectivity index is 2.05. The van der Waals surface area contributed by atoms with E-state index in [0.717, 1.165) is 42.6 Å². The number of fused-ring (bicyclic) bond motifs is 1. The molecule has 146 valence electrons. The number of nitrogens with one attached hydrogen (secondary N) is 2. The van der Waals surface area contributed by atoms with Gasteiger partial charge in [-0.15, -0.1) is 0 Å². The molecule has 10 heteroatoms. The van der Waals surface area contributed by atoms with Gasteiger partial charge in [0.05, 0.1) is 22.3 Å². The Kier molecular flexibility index (Phi) is 4.66. The van der Waals surface area contributed by atoms with Gasteiger partial charge in [0.2, 0.25) is 5.43 Å². The maximum Gasteiger partial charge on any atom is 0.418 e. The fourth-order valence-electron chi connectivity index (χ4n) is 2.69. The molecule has 4 nitrogen and oxygen atoms in total. The molecule has 2 aromatic carbocycles. The predicted molar refractivity (Wildman–Crippen MR) is 89.0 cm³/mol. The smallest absolute Gasteiger partial charge is 0.360 e. The molecule has 1 amide bonds. The first kappa shape index (κ1) is 19.5. The summed E-state index contributed by atoms with van der Waals surface area (Å²) in [5.41, 5.74) is -4.99. The molecule has 0 unspecified atom stereocenters. The number of hydrogen-bond donors (Lipinski definition) is 2. The lowest BCUT2D eigenvalue weighted by Crippen LogP contribution is -2.24. The van der Waals surface area contributed by atoms with Crippen LogP contribution >= 0.6 is 0 Å². The van der Waals surface area contributed by atoms with Gasteiger partial charge in [-0.2, -0.15) is 26.3 Å². The molecule has 0 bridgehead atoms. The molecule has 0 saturated carbocycles. The lowest BCUT2D eigenvalue weighted by atomic mass is 10.1. The van der Waals surface area contributed by atoms with Crippen LogP contribution in [0.15, 0.2) is 53.5 Å². The van der Waals surface area contributed by atoms with E-state index in [-0.39, 0.29) is 0 Å². The second-order valence-corrected chi connectivity index (χ2v) is 5.75. The fraction of sp³-hybridized carbons (Fsp3) is 0.111. The summed E-state index contributed by atoms with van der Waals surface area (Å²) in [4.78, 5) is 27.0. The second kappa shape index (κ2) is 6.70. The summed E-state index contributed by atoms with van der Waals surface area (Å²) in [5.74, 6) is -1.18. The molecule has 0 aliphatic heterocycles. The molecule has 0 aliphatic carbocycles. The minimum absolute atomic E-state index is 0.411. The van der Waals surface area contributed by atoms with Gasteiger partial charge in [0, 0.05) is 11.6 Å². The van der Waals surface area contributed by atoms with Gasteiger partial charge in [0.25, 0.3) is 5.91 Å². The van der Waals surface area contributed by atoms with Crippen LogP contribution in [0.5, 0.6) is 0 Å². The third-order valence-electron chi connectivity index (χ3n) is 3.95. The van der Waals surface area contributed by atoms with Crippen molar-refractivity contribution >= 4 is 22.5 Å². The number of carbonyl (C=O) groups is 1. The largest absolute Gasteiger partial charge is 0.418 e. The first-order valence-corrected chi connectivity index (χ1v) is 7.69. The van der Waals surface area contributed by atoms with Gasteiger partial charge in [0.15, 0.2) is 0 Å². The van der Waals surface area contributed by atoms with Gasteiger partial charge in [-0.1, -0.05) is 18.2 Å². The Hall–Kier alpha value is -3.30. The maximum absolute atomic E-state index is 13.0. The summed E-state index contributed by atoms with van der Waals surface area (Å²) < 4.78 is 78.2. The number of para-hydroxylation sites is 2. The van der Waals surface area contributed by atoms with Gasteiger partial charge in [-0.3, -0.25) is 9.59 Å². The molecule has 0 spiro atoms. The van der Waals surface area contributed by atoms with Crippen molar-refractivity contribution in [2.75, 3.05) is 5.32 Å². The molecule has 3 rings (SSSR count). The molecule has 0 saturated heterocycles. The number of carbonyl (C=O) groups excluding carboxylic acids is 1. The van der Waals surface area contributed by atoms with Crippen LogP contribution in [0.2, 0.25) is 0 Å². The number of H-pyrrole nitrogens is 1. The number of benzene rings is 2. The van der Waals surface area contributed by atoms with E-state index in [0.29, 0.717) is 0 Å². The first-order valence-electron chi connectivity index (χ1n) is 7.69. The summed E-state index contributed by atoms with van der Waals surface area (Å²) in [6.45, 7) is 0. The highest BCUT2D eigenvalue weighted by molar-refractivity contribution is 6.06. The standard InChI is InChI=1S/C18H10F6N2O2/c19-17(20,21)11-5-1-2-7-13(11)26-16(28)10-8-25-14-9(15(10)27)4-3-6-12(14)18(22,23)24/h1-8H,(H,25,27)(H,26,28). The average Bonchev–Trinajstić information content (AvgIpc) is 2.60. The van der Waals surface area contributed by atoms with Crippen LogP contribution in [-0.2, 0) is 12.4 Å². The SMILES string of the molecule is O=C(Nc1ccccc1C(F)(F)F)c1c[nH]c2c(C(F)(F)F)cccc2c1=O. The monoisotopic (exact) mass is 400 g/mol. The zero-order valence-electron chi connectivity index (χ0n) is 13.7. The number of amides is 1. The van der Waals surface area contributed by atoms with Crippen LogP contribution < -0.4 is 10.7 Å². The van der Waals surface area contributed by atoms with Crippen molar-refractivity contribution in [3.63, 3.8) is 0 Å². The number of alkyl halides is 6. The molecular weight excluding hydrogens is 390 g/mol. The quantitative estimate of drug-likeness (QED) is 0.606. The number of aromatic nitrogens is 1. The Labute approximate surface area is 152 Å². The number of aromatic amines is 1. The van der Waals surface area contributed by atoms with E-state index < -0.39 is 57.0 Å². The number of halogens is 6. The lowest BCUT2D eigenvalue weighted by molar-refractivity contribution is -0.137. The summed E-state index contributed by atoms with van der Waals surface area (Å²) in [7, 11) is 0. The highest BCUT2D eigenvalue weighted by atomic mass is 19.4. The van der Waals surface area contributed by atoms with Gasteiger partial charge in [0.1, 0.15) is 5.56 Å². The van der Waals surface area contributed by atoms with Crippen LogP contribution in [0.3, 0.4) is 0 Å². The molecule has 1 heterocycles. The maximum atomic E-state index is 13.0. The van der Waals surface area contributed by atoms with E-state index in [1.807, 2.05) is 5.32 Å². The van der Waals surface area contributed by atoms with Crippen molar-refractivity contribution in [3.8, 4) is 0 Å². The van der Waals surface area contributed by atoms with Gasteiger partial charge >= 0.3 is 12.4 Å². The zero-order valence-corrected chi connectivity index (χ0v) is 13.7. The number of pyridine rings is 1. The molecule has 0 atom stereocenters. The van der Waals surface area contributed by atoms with E-state index in [1.165, 1.54) is 6.07 Å². The van der Waals surface area contributed by atoms with Crippen molar-refractivity contribution in [1.82, 2.24) is 4.98 Å². The van der Waals surface area contributed by atoms with E-state index >= 15 is 0 Å². The topological polar surface area (TPSA) is 62.0 Å². The van der Waals surface area contributed by atoms with Gasteiger partial charge in [-0.05, 0) is 24.3 Å². The van der Waals surface area contributed by atoms with Crippen molar-refractivity contribution in [2.24, 2.45) is 0 Å². The van der Waals surface area contributed by atoms with Crippen LogP contribution in [0.1, 0.15) is 21.5 Å². The zero-order chi connectivity index (χ0) is 20.7. The summed E-state index contributed by atoms with van der Waals surface area (Å²) in [5, 5.41) is 1.57. The Morgan fingerprint density at radius 1 is 0.857 bits per heavy atom. The second-order valence-electron chi connectivity index (χ2n) is 5.75. The average molecular weight is 400 g/mol. The van der Waals surface area contributed by atoms with Crippen LogP contribution in [0.25, 0.3) is 10.9 Å². The predicted octanol–water partition coefficient (Wildman–Crippen LogP) is 4.82. The number of anilines is 1. The molecule has 3 aromatic rings. The Morgan fingerprint density at radius 2 is 1.46 bits per heavy atom. The third kappa shape index (κ3) is 3.57.